The van der Waals surface area contributed by atoms with Crippen LogP contribution in [0.25, 0.3) is 11.3 Å². The molecule has 19 heavy (non-hydrogen) atoms. The Balaban J connectivity index is 2.48. The van der Waals surface area contributed by atoms with Crippen molar-refractivity contribution in [2.45, 2.75) is 27.3 Å². The Morgan fingerprint density at radius 1 is 1.32 bits per heavy atom. The van der Waals surface area contributed by atoms with Crippen molar-refractivity contribution >= 4 is 0 Å². The molecule has 2 N–H and O–H groups in total. The summed E-state index contributed by atoms with van der Waals surface area (Å²) in [5, 5.41) is 0. The van der Waals surface area contributed by atoms with Gasteiger partial charge in [-0.05, 0) is 44.5 Å². The molecule has 2 aromatic rings. The second-order valence-corrected chi connectivity index (χ2v) is 4.64. The first-order valence-corrected chi connectivity index (χ1v) is 6.54. The molecule has 1 aromatic heterocycles. The van der Waals surface area contributed by atoms with Crippen LogP contribution in [0.1, 0.15) is 24.0 Å². The van der Waals surface area contributed by atoms with Gasteiger partial charge < -0.3 is 15.0 Å². The van der Waals surface area contributed by atoms with E-state index >= 15 is 0 Å². The van der Waals surface area contributed by atoms with Crippen LogP contribution in [0.2, 0.25) is 0 Å². The monoisotopic (exact) mass is 259 g/mol. The molecule has 0 saturated carbocycles. The van der Waals surface area contributed by atoms with Crippen LogP contribution in [0, 0.1) is 13.8 Å². The summed E-state index contributed by atoms with van der Waals surface area (Å²) in [6.45, 7) is 7.20. The molecule has 0 saturated heterocycles. The fourth-order valence-corrected chi connectivity index (χ4v) is 2.39. The third kappa shape index (κ3) is 2.49. The second kappa shape index (κ2) is 5.45. The standard InChI is InChI=1S/C15H21N3O/c1-5-19-13-7-6-12(8-10(13)2)15-11(3)17-14(9-16)18(15)4/h6-8H,5,9,16H2,1-4H3. The van der Waals surface area contributed by atoms with Gasteiger partial charge in [-0.1, -0.05) is 0 Å². The van der Waals surface area contributed by atoms with E-state index in [9.17, 15) is 0 Å². The molecular weight excluding hydrogens is 238 g/mol. The molecule has 0 bridgehead atoms. The number of ether oxygens (including phenoxy) is 1. The van der Waals surface area contributed by atoms with E-state index in [-0.39, 0.29) is 0 Å². The van der Waals surface area contributed by atoms with E-state index in [0.717, 1.165) is 34.1 Å². The molecule has 4 nitrogen and oxygen atoms in total. The Bertz CT molecular complexity index is 587. The average Bonchev–Trinajstić information content (AvgIpc) is 2.67. The van der Waals surface area contributed by atoms with Crippen LogP contribution in [0.15, 0.2) is 18.2 Å². The minimum absolute atomic E-state index is 0.452. The van der Waals surface area contributed by atoms with Crippen LogP contribution in [0.4, 0.5) is 0 Å². The van der Waals surface area contributed by atoms with Gasteiger partial charge in [0.1, 0.15) is 11.6 Å². The van der Waals surface area contributed by atoms with Crippen molar-refractivity contribution < 1.29 is 4.74 Å². The number of aromatic nitrogens is 2. The summed E-state index contributed by atoms with van der Waals surface area (Å²) in [6, 6.07) is 6.22. The van der Waals surface area contributed by atoms with E-state index in [1.54, 1.807) is 0 Å². The number of imidazole rings is 1. The van der Waals surface area contributed by atoms with Crippen LogP contribution in [-0.4, -0.2) is 16.2 Å². The largest absolute Gasteiger partial charge is 0.494 e. The van der Waals surface area contributed by atoms with E-state index in [0.29, 0.717) is 13.2 Å². The van der Waals surface area contributed by atoms with Gasteiger partial charge in [0.15, 0.2) is 0 Å². The van der Waals surface area contributed by atoms with Crippen molar-refractivity contribution in [1.29, 1.82) is 0 Å². The van der Waals surface area contributed by atoms with Gasteiger partial charge in [0, 0.05) is 12.6 Å². The summed E-state index contributed by atoms with van der Waals surface area (Å²) in [5.41, 5.74) is 10.1. The normalized spacial score (nSPS) is 10.8. The van der Waals surface area contributed by atoms with Gasteiger partial charge in [0.25, 0.3) is 0 Å². The number of hydrogen-bond donors (Lipinski definition) is 1. The lowest BCUT2D eigenvalue weighted by Gasteiger charge is -2.10. The Morgan fingerprint density at radius 2 is 2.05 bits per heavy atom. The van der Waals surface area contributed by atoms with Crippen LogP contribution >= 0.6 is 0 Å². The Kier molecular flexibility index (Phi) is 3.90. The van der Waals surface area contributed by atoms with Gasteiger partial charge in [-0.25, -0.2) is 4.98 Å². The lowest BCUT2D eigenvalue weighted by Crippen LogP contribution is -2.05. The fourth-order valence-electron chi connectivity index (χ4n) is 2.39. The molecule has 0 fully saturated rings. The van der Waals surface area contributed by atoms with Crippen molar-refractivity contribution in [3.05, 3.63) is 35.3 Å². The number of rotatable bonds is 4. The van der Waals surface area contributed by atoms with Gasteiger partial charge in [0.05, 0.1) is 24.5 Å². The quantitative estimate of drug-likeness (QED) is 0.918. The molecule has 2 rings (SSSR count). The summed E-state index contributed by atoms with van der Waals surface area (Å²) in [6.07, 6.45) is 0. The third-order valence-electron chi connectivity index (χ3n) is 3.29. The highest BCUT2D eigenvalue weighted by atomic mass is 16.5. The average molecular weight is 259 g/mol. The molecule has 0 spiro atoms. The van der Waals surface area contributed by atoms with E-state index in [1.165, 1.54) is 0 Å². The molecule has 0 radical (unpaired) electrons. The zero-order valence-corrected chi connectivity index (χ0v) is 12.0. The molecule has 102 valence electrons. The Hall–Kier alpha value is -1.81. The highest BCUT2D eigenvalue weighted by molar-refractivity contribution is 5.65. The van der Waals surface area contributed by atoms with Gasteiger partial charge in [-0.3, -0.25) is 0 Å². The first kappa shape index (κ1) is 13.6. The first-order chi connectivity index (χ1) is 9.08. The smallest absolute Gasteiger partial charge is 0.122 e. The maximum atomic E-state index is 5.70. The topological polar surface area (TPSA) is 53.1 Å². The molecule has 0 aliphatic heterocycles. The SMILES string of the molecule is CCOc1ccc(-c2c(C)nc(CN)n2C)cc1C. The molecule has 0 unspecified atom stereocenters. The predicted molar refractivity (Wildman–Crippen MR) is 77.2 cm³/mol. The molecule has 1 heterocycles. The minimum Gasteiger partial charge on any atom is -0.494 e. The number of nitrogens with two attached hydrogens (primary N) is 1. The van der Waals surface area contributed by atoms with Crippen molar-refractivity contribution in [3.63, 3.8) is 0 Å². The van der Waals surface area contributed by atoms with Crippen LogP contribution in [0.5, 0.6) is 5.75 Å². The van der Waals surface area contributed by atoms with E-state index in [1.807, 2.05) is 27.0 Å². The predicted octanol–water partition coefficient (Wildman–Crippen LogP) is 2.56. The highest BCUT2D eigenvalue weighted by Crippen LogP contribution is 2.28. The van der Waals surface area contributed by atoms with E-state index in [4.69, 9.17) is 10.5 Å². The molecule has 0 atom stereocenters. The minimum atomic E-state index is 0.452. The summed E-state index contributed by atoms with van der Waals surface area (Å²) < 4.78 is 7.63. The zero-order chi connectivity index (χ0) is 14.0. The first-order valence-electron chi connectivity index (χ1n) is 6.54. The third-order valence-corrected chi connectivity index (χ3v) is 3.29. The van der Waals surface area contributed by atoms with Gasteiger partial charge >= 0.3 is 0 Å². The second-order valence-electron chi connectivity index (χ2n) is 4.64. The zero-order valence-electron chi connectivity index (χ0n) is 12.0. The number of nitrogens with zero attached hydrogens (tertiary/aromatic N) is 2. The van der Waals surface area contributed by atoms with Gasteiger partial charge in [-0.15, -0.1) is 0 Å². The molecule has 1 aromatic carbocycles. The van der Waals surface area contributed by atoms with Crippen molar-refractivity contribution in [2.24, 2.45) is 12.8 Å². The summed E-state index contributed by atoms with van der Waals surface area (Å²) >= 11 is 0. The van der Waals surface area contributed by atoms with E-state index in [2.05, 4.69) is 28.6 Å². The van der Waals surface area contributed by atoms with Crippen molar-refractivity contribution in [1.82, 2.24) is 9.55 Å². The molecular formula is C15H21N3O. The molecule has 0 aliphatic carbocycles. The number of hydrogen-bond acceptors (Lipinski definition) is 3. The Morgan fingerprint density at radius 3 is 2.58 bits per heavy atom. The van der Waals surface area contributed by atoms with Crippen molar-refractivity contribution in [3.8, 4) is 17.0 Å². The van der Waals surface area contributed by atoms with Gasteiger partial charge in [0.2, 0.25) is 0 Å². The molecule has 0 amide bonds. The van der Waals surface area contributed by atoms with Crippen LogP contribution in [-0.2, 0) is 13.6 Å². The molecule has 0 aliphatic rings. The van der Waals surface area contributed by atoms with Crippen LogP contribution in [0.3, 0.4) is 0 Å². The van der Waals surface area contributed by atoms with Gasteiger partial charge in [-0.2, -0.15) is 0 Å². The van der Waals surface area contributed by atoms with E-state index < -0.39 is 0 Å². The summed E-state index contributed by atoms with van der Waals surface area (Å²) in [5.74, 6) is 1.84. The maximum Gasteiger partial charge on any atom is 0.122 e. The lowest BCUT2D eigenvalue weighted by molar-refractivity contribution is 0.338. The summed E-state index contributed by atoms with van der Waals surface area (Å²) in [7, 11) is 2.00. The highest BCUT2D eigenvalue weighted by Gasteiger charge is 2.13. The lowest BCUT2D eigenvalue weighted by atomic mass is 10.1. The molecule has 4 heteroatoms. The number of benzene rings is 1. The number of aryl methyl sites for hydroxylation is 2. The Labute approximate surface area is 114 Å². The van der Waals surface area contributed by atoms with Crippen LogP contribution < -0.4 is 10.5 Å². The summed E-state index contributed by atoms with van der Waals surface area (Å²) in [4.78, 5) is 4.50. The maximum absolute atomic E-state index is 5.70. The van der Waals surface area contributed by atoms with Crippen molar-refractivity contribution in [2.75, 3.05) is 6.61 Å². The fraction of sp³-hybridized carbons (Fsp3) is 0.400.